The van der Waals surface area contributed by atoms with Crippen molar-refractivity contribution in [2.75, 3.05) is 7.11 Å². The van der Waals surface area contributed by atoms with Gasteiger partial charge in [-0.15, -0.1) is 0 Å². The Kier molecular flexibility index (Phi) is 6.95. The molecule has 4 rings (SSSR count). The molecule has 0 N–H and O–H groups in total. The summed E-state index contributed by atoms with van der Waals surface area (Å²) in [7, 11) is 1.69. The first-order chi connectivity index (χ1) is 15.6. The number of halogens is 1. The molecule has 4 heteroatoms. The molecule has 0 radical (unpaired) electrons. The highest BCUT2D eigenvalue weighted by molar-refractivity contribution is 6.40. The van der Waals surface area contributed by atoms with Gasteiger partial charge in [-0.3, -0.25) is 0 Å². The molecule has 0 saturated carbocycles. The van der Waals surface area contributed by atoms with Crippen LogP contribution < -0.4 is 4.74 Å². The summed E-state index contributed by atoms with van der Waals surface area (Å²) in [6.07, 6.45) is 8.02. The third kappa shape index (κ3) is 3.75. The van der Waals surface area contributed by atoms with E-state index < -0.39 is 0 Å². The Hall–Kier alpha value is -2.26. The van der Waals surface area contributed by atoms with Gasteiger partial charge in [0.05, 0.1) is 17.5 Å². The first-order valence-corrected chi connectivity index (χ1v) is 12.5. The zero-order chi connectivity index (χ0) is 22.8. The van der Waals surface area contributed by atoms with Gasteiger partial charge in [0.1, 0.15) is 11.5 Å². The lowest BCUT2D eigenvalue weighted by Gasteiger charge is -2.15. The number of benzene rings is 2. The summed E-state index contributed by atoms with van der Waals surface area (Å²) < 4.78 is 12.4. The zero-order valence-corrected chi connectivity index (χ0v) is 20.8. The molecule has 0 atom stereocenters. The van der Waals surface area contributed by atoms with Crippen LogP contribution in [0.15, 0.2) is 22.6 Å². The quantitative estimate of drug-likeness (QED) is 0.239. The highest BCUT2D eigenvalue weighted by Crippen LogP contribution is 2.44. The molecule has 0 bridgehead atoms. The second-order valence-electron chi connectivity index (χ2n) is 8.70. The van der Waals surface area contributed by atoms with Gasteiger partial charge >= 0.3 is 0 Å². The second kappa shape index (κ2) is 9.70. The molecule has 0 saturated heterocycles. The fourth-order valence-electron chi connectivity index (χ4n) is 5.05. The van der Waals surface area contributed by atoms with E-state index in [-0.39, 0.29) is 0 Å². The topological polar surface area (TPSA) is 35.3 Å². The van der Waals surface area contributed by atoms with Crippen molar-refractivity contribution in [3.63, 3.8) is 0 Å². The Balaban J connectivity index is 2.32. The van der Waals surface area contributed by atoms with Crippen molar-refractivity contribution in [1.82, 2.24) is 4.98 Å². The van der Waals surface area contributed by atoms with E-state index in [1.807, 2.05) is 0 Å². The van der Waals surface area contributed by atoms with Crippen LogP contribution >= 0.6 is 11.6 Å². The van der Waals surface area contributed by atoms with Gasteiger partial charge in [-0.25, -0.2) is 4.98 Å². The van der Waals surface area contributed by atoms with Crippen LogP contribution in [0.5, 0.6) is 5.75 Å². The van der Waals surface area contributed by atoms with Crippen molar-refractivity contribution < 1.29 is 9.15 Å². The molecule has 2 aromatic heterocycles. The molecular formula is C28H34ClNO2. The van der Waals surface area contributed by atoms with E-state index >= 15 is 0 Å². The minimum atomic E-state index is 0.656. The molecule has 0 aliphatic rings. The van der Waals surface area contributed by atoms with Crippen LogP contribution in [-0.2, 0) is 25.7 Å². The van der Waals surface area contributed by atoms with E-state index in [4.69, 9.17) is 25.7 Å². The molecular weight excluding hydrogens is 418 g/mol. The molecule has 0 unspecified atom stereocenters. The van der Waals surface area contributed by atoms with E-state index in [1.165, 1.54) is 27.6 Å². The fourth-order valence-corrected chi connectivity index (χ4v) is 5.34. The molecule has 0 spiro atoms. The molecule has 0 amide bonds. The van der Waals surface area contributed by atoms with Crippen molar-refractivity contribution >= 4 is 44.2 Å². The van der Waals surface area contributed by atoms with Crippen molar-refractivity contribution in [3.8, 4) is 5.75 Å². The highest BCUT2D eigenvalue weighted by Gasteiger charge is 2.22. The van der Waals surface area contributed by atoms with Crippen LogP contribution in [-0.4, -0.2) is 12.1 Å². The standard InChI is InChI=1S/C28H34ClNO2/c1-6-10-17-19-14-15-20-25-21(16-24(31-5)27(20)29)18(11-7-2)23(13-9-4)32-28(26(19)25)30-22(17)12-8-3/h14-16H,6-13H2,1-5H3. The Morgan fingerprint density at radius 3 is 2.12 bits per heavy atom. The van der Waals surface area contributed by atoms with Gasteiger partial charge < -0.3 is 9.15 Å². The number of rotatable bonds is 9. The summed E-state index contributed by atoms with van der Waals surface area (Å²) in [4.78, 5) is 5.15. The summed E-state index contributed by atoms with van der Waals surface area (Å²) in [5, 5.41) is 6.36. The number of methoxy groups -OCH3 is 1. The molecule has 2 heterocycles. The predicted octanol–water partition coefficient (Wildman–Crippen LogP) is 8.61. The van der Waals surface area contributed by atoms with Crippen molar-refractivity contribution in [2.45, 2.75) is 79.1 Å². The lowest BCUT2D eigenvalue weighted by molar-refractivity contribution is 0.416. The Morgan fingerprint density at radius 2 is 1.47 bits per heavy atom. The molecule has 2 aromatic carbocycles. The van der Waals surface area contributed by atoms with Crippen LogP contribution in [0.2, 0.25) is 5.02 Å². The van der Waals surface area contributed by atoms with E-state index in [1.54, 1.807) is 7.11 Å². The first-order valence-electron chi connectivity index (χ1n) is 12.1. The van der Waals surface area contributed by atoms with E-state index in [9.17, 15) is 0 Å². The molecule has 0 aliphatic heterocycles. The smallest absolute Gasteiger partial charge is 0.227 e. The number of aromatic nitrogens is 1. The fraction of sp³-hybridized carbons (Fsp3) is 0.464. The van der Waals surface area contributed by atoms with Gasteiger partial charge in [-0.05, 0) is 53.6 Å². The highest BCUT2D eigenvalue weighted by atomic mass is 35.5. The maximum absolute atomic E-state index is 6.85. The first kappa shape index (κ1) is 22.9. The predicted molar refractivity (Wildman–Crippen MR) is 137 cm³/mol. The monoisotopic (exact) mass is 451 g/mol. The van der Waals surface area contributed by atoms with Gasteiger partial charge in [-0.1, -0.05) is 70.7 Å². The number of pyridine rings is 1. The van der Waals surface area contributed by atoms with Crippen LogP contribution in [0.4, 0.5) is 0 Å². The Bertz CT molecular complexity index is 1270. The summed E-state index contributed by atoms with van der Waals surface area (Å²) in [5.74, 6) is 1.75. The summed E-state index contributed by atoms with van der Waals surface area (Å²) in [5.41, 5.74) is 4.53. The minimum absolute atomic E-state index is 0.656. The summed E-state index contributed by atoms with van der Waals surface area (Å²) in [6.45, 7) is 8.87. The third-order valence-electron chi connectivity index (χ3n) is 6.39. The molecule has 32 heavy (non-hydrogen) atoms. The Labute approximate surface area is 196 Å². The number of hydrogen-bond donors (Lipinski definition) is 0. The zero-order valence-electron chi connectivity index (χ0n) is 20.0. The number of ether oxygens (including phenoxy) is 1. The molecule has 0 aliphatic carbocycles. The van der Waals surface area contributed by atoms with Gasteiger partial charge in [0.15, 0.2) is 0 Å². The normalized spacial score (nSPS) is 11.8. The van der Waals surface area contributed by atoms with E-state index in [0.29, 0.717) is 10.8 Å². The second-order valence-corrected chi connectivity index (χ2v) is 9.08. The summed E-state index contributed by atoms with van der Waals surface area (Å²) in [6, 6.07) is 6.50. The maximum atomic E-state index is 6.85. The van der Waals surface area contributed by atoms with Crippen molar-refractivity contribution in [2.24, 2.45) is 0 Å². The Morgan fingerprint density at radius 1 is 0.812 bits per heavy atom. The van der Waals surface area contributed by atoms with Gasteiger partial charge in [0, 0.05) is 22.9 Å². The average Bonchev–Trinajstić information content (AvgIpc) is 2.91. The van der Waals surface area contributed by atoms with Crippen LogP contribution in [0.25, 0.3) is 32.6 Å². The number of nitrogens with zero attached hydrogens (tertiary/aromatic N) is 1. The lowest BCUT2D eigenvalue weighted by atomic mass is 9.91. The summed E-state index contributed by atoms with van der Waals surface area (Å²) >= 11 is 6.85. The largest absolute Gasteiger partial charge is 0.495 e. The number of hydrogen-bond acceptors (Lipinski definition) is 3. The molecule has 170 valence electrons. The van der Waals surface area contributed by atoms with Gasteiger partial charge in [0.25, 0.3) is 0 Å². The van der Waals surface area contributed by atoms with Crippen LogP contribution in [0, 0.1) is 0 Å². The lowest BCUT2D eigenvalue weighted by Crippen LogP contribution is -2.00. The van der Waals surface area contributed by atoms with Gasteiger partial charge in [0.2, 0.25) is 5.71 Å². The van der Waals surface area contributed by atoms with Crippen molar-refractivity contribution in [3.05, 3.63) is 45.8 Å². The molecule has 0 fully saturated rings. The van der Waals surface area contributed by atoms with Crippen LogP contribution in [0.1, 0.15) is 76.0 Å². The molecule has 4 aromatic rings. The molecule has 3 nitrogen and oxygen atoms in total. The van der Waals surface area contributed by atoms with E-state index in [0.717, 1.165) is 79.0 Å². The third-order valence-corrected chi connectivity index (χ3v) is 6.78. The number of aryl methyl sites for hydroxylation is 4. The SMILES string of the molecule is CCCc1nc2oc(CCC)c(CCC)c3cc(OC)c(Cl)c4ccc(c1CCC)c2c43. The van der Waals surface area contributed by atoms with Crippen molar-refractivity contribution in [1.29, 1.82) is 0 Å². The minimum Gasteiger partial charge on any atom is -0.495 e. The maximum Gasteiger partial charge on any atom is 0.227 e. The average molecular weight is 452 g/mol. The van der Waals surface area contributed by atoms with Crippen LogP contribution in [0.3, 0.4) is 0 Å². The van der Waals surface area contributed by atoms with E-state index in [2.05, 4.69) is 45.9 Å². The van der Waals surface area contributed by atoms with Gasteiger partial charge in [-0.2, -0.15) is 0 Å².